The molecule has 0 unspecified atom stereocenters. The van der Waals surface area contributed by atoms with E-state index in [1.807, 2.05) is 81.4 Å². The van der Waals surface area contributed by atoms with Gasteiger partial charge in [0.05, 0.1) is 0 Å². The second kappa shape index (κ2) is 7.07. The predicted molar refractivity (Wildman–Crippen MR) is 101 cm³/mol. The van der Waals surface area contributed by atoms with Gasteiger partial charge in [-0.25, -0.2) is 9.59 Å². The van der Waals surface area contributed by atoms with Crippen LogP contribution in [0.15, 0.2) is 71.9 Å². The van der Waals surface area contributed by atoms with Crippen LogP contribution >= 0.6 is 0 Å². The number of carboxylic acid groups (broad SMARTS) is 2. The van der Waals surface area contributed by atoms with Gasteiger partial charge in [-0.3, -0.25) is 0 Å². The number of hydrogen-bond donors (Lipinski definition) is 2. The third-order valence-corrected chi connectivity index (χ3v) is 10.3. The molecule has 0 aliphatic heterocycles. The molecule has 0 saturated heterocycles. The molecular weight excluding hydrogens is 332 g/mol. The summed E-state index contributed by atoms with van der Waals surface area (Å²) in [6.07, 6.45) is 0.875. The fourth-order valence-corrected chi connectivity index (χ4v) is 9.12. The van der Waals surface area contributed by atoms with Crippen LogP contribution in [0, 0.1) is 0 Å². The first-order chi connectivity index (χ1) is 11.7. The first-order valence-electron chi connectivity index (χ1n) is 8.00. The van der Waals surface area contributed by atoms with Crippen LogP contribution in [0.5, 0.6) is 0 Å². The van der Waals surface area contributed by atoms with Crippen LogP contribution in [0.2, 0.25) is 5.04 Å². The third kappa shape index (κ3) is 3.41. The summed E-state index contributed by atoms with van der Waals surface area (Å²) in [7, 11) is -3.12. The molecule has 0 spiro atoms. The lowest BCUT2D eigenvalue weighted by Crippen LogP contribution is -2.67. The molecule has 0 bridgehead atoms. The number of benzene rings is 2. The van der Waals surface area contributed by atoms with Crippen molar-refractivity contribution >= 4 is 30.4 Å². The largest absolute Gasteiger partial charge is 0.478 e. The number of carbonyl (C=O) groups is 2. The first-order valence-corrected chi connectivity index (χ1v) is 10.0. The van der Waals surface area contributed by atoms with E-state index in [-0.39, 0.29) is 5.20 Å². The fourth-order valence-electron chi connectivity index (χ4n) is 3.58. The molecule has 0 aromatic heterocycles. The van der Waals surface area contributed by atoms with Crippen LogP contribution in [-0.2, 0) is 9.59 Å². The van der Waals surface area contributed by atoms with E-state index in [1.54, 1.807) is 0 Å². The number of aliphatic carboxylic acids is 2. The van der Waals surface area contributed by atoms with Crippen LogP contribution in [0.4, 0.5) is 0 Å². The minimum Gasteiger partial charge on any atom is -0.478 e. The van der Waals surface area contributed by atoms with Crippen molar-refractivity contribution in [2.45, 2.75) is 25.8 Å². The lowest BCUT2D eigenvalue weighted by Gasteiger charge is -2.44. The van der Waals surface area contributed by atoms with Crippen molar-refractivity contribution in [1.82, 2.24) is 0 Å². The number of hydrogen-bond acceptors (Lipinski definition) is 2. The van der Waals surface area contributed by atoms with Crippen molar-refractivity contribution < 1.29 is 19.8 Å². The maximum absolute atomic E-state index is 12.2. The summed E-state index contributed by atoms with van der Waals surface area (Å²) in [6, 6.07) is 18.8. The molecule has 0 amide bonds. The van der Waals surface area contributed by atoms with Crippen molar-refractivity contribution in [2.24, 2.45) is 0 Å². The Balaban J connectivity index is 3.01. The fraction of sp³-hybridized carbons (Fsp3) is 0.200. The van der Waals surface area contributed by atoms with Gasteiger partial charge in [-0.05, 0) is 15.4 Å². The Bertz CT molecular complexity index is 750. The van der Waals surface area contributed by atoms with Crippen LogP contribution in [-0.4, -0.2) is 30.2 Å². The van der Waals surface area contributed by atoms with Crippen LogP contribution in [0.1, 0.15) is 20.8 Å². The van der Waals surface area contributed by atoms with Crippen molar-refractivity contribution in [3.05, 3.63) is 71.9 Å². The van der Waals surface area contributed by atoms with Crippen LogP contribution < -0.4 is 10.4 Å². The van der Waals surface area contributed by atoms with Gasteiger partial charge in [0.25, 0.3) is 0 Å². The molecule has 4 nitrogen and oxygen atoms in total. The molecule has 0 aliphatic carbocycles. The van der Waals surface area contributed by atoms with Gasteiger partial charge in [-0.1, -0.05) is 81.4 Å². The Labute approximate surface area is 148 Å². The van der Waals surface area contributed by atoms with E-state index in [2.05, 4.69) is 0 Å². The third-order valence-electron chi connectivity index (χ3n) is 4.44. The van der Waals surface area contributed by atoms with Gasteiger partial charge in [0.2, 0.25) is 0 Å². The van der Waals surface area contributed by atoms with E-state index >= 15 is 0 Å². The summed E-state index contributed by atoms with van der Waals surface area (Å²) < 4.78 is 0. The lowest BCUT2D eigenvalue weighted by atomic mass is 10.2. The molecule has 2 N–H and O–H groups in total. The van der Waals surface area contributed by atoms with E-state index in [0.29, 0.717) is 0 Å². The van der Waals surface area contributed by atoms with E-state index in [4.69, 9.17) is 0 Å². The first kappa shape index (κ1) is 18.7. The molecule has 2 rings (SSSR count). The zero-order valence-corrected chi connectivity index (χ0v) is 15.6. The molecule has 25 heavy (non-hydrogen) atoms. The molecule has 0 saturated carbocycles. The molecular formula is C20H22O4Si. The zero-order valence-electron chi connectivity index (χ0n) is 14.6. The molecule has 0 radical (unpaired) electrons. The number of rotatable bonds is 5. The predicted octanol–water partition coefficient (Wildman–Crippen LogP) is 2.68. The van der Waals surface area contributed by atoms with Gasteiger partial charge in [0.15, 0.2) is 8.07 Å². The molecule has 2 aromatic rings. The monoisotopic (exact) mass is 354 g/mol. The minimum absolute atomic E-state index is 0.0232. The van der Waals surface area contributed by atoms with Gasteiger partial charge in [0, 0.05) is 11.3 Å². The Hall–Kier alpha value is -2.66. The van der Waals surface area contributed by atoms with E-state index in [1.165, 1.54) is 0 Å². The number of carboxylic acids is 2. The highest BCUT2D eigenvalue weighted by Gasteiger charge is 2.53. The Morgan fingerprint density at radius 3 is 1.52 bits per heavy atom. The quantitative estimate of drug-likeness (QED) is 0.639. The van der Waals surface area contributed by atoms with Gasteiger partial charge < -0.3 is 10.2 Å². The van der Waals surface area contributed by atoms with Crippen molar-refractivity contribution in [1.29, 1.82) is 0 Å². The average molecular weight is 354 g/mol. The molecule has 0 atom stereocenters. The van der Waals surface area contributed by atoms with Gasteiger partial charge in [0.1, 0.15) is 0 Å². The van der Waals surface area contributed by atoms with Crippen LogP contribution in [0.3, 0.4) is 0 Å². The molecule has 2 aromatic carbocycles. The maximum atomic E-state index is 12.2. The summed E-state index contributed by atoms with van der Waals surface area (Å²) in [4.78, 5) is 23.6. The van der Waals surface area contributed by atoms with Gasteiger partial charge in [-0.15, -0.1) is 0 Å². The summed E-state index contributed by atoms with van der Waals surface area (Å²) in [5.41, 5.74) is 0. The van der Waals surface area contributed by atoms with E-state index < -0.39 is 25.1 Å². The second-order valence-corrected chi connectivity index (χ2v) is 11.6. The highest BCUT2D eigenvalue weighted by molar-refractivity contribution is 7.11. The Morgan fingerprint density at radius 1 is 0.840 bits per heavy atom. The SMILES string of the molecule is CC(C)(C)[Si](/C(=C/C(=O)O)C(=O)O)(c1ccccc1)c1ccccc1. The minimum atomic E-state index is -3.12. The van der Waals surface area contributed by atoms with Crippen molar-refractivity contribution in [3.8, 4) is 0 Å². The summed E-state index contributed by atoms with van der Waals surface area (Å²) in [5.74, 6) is -2.43. The summed E-state index contributed by atoms with van der Waals surface area (Å²) in [6.45, 7) is 5.95. The zero-order chi connectivity index (χ0) is 18.7. The van der Waals surface area contributed by atoms with Gasteiger partial charge >= 0.3 is 11.9 Å². The molecule has 130 valence electrons. The topological polar surface area (TPSA) is 74.6 Å². The Kier molecular flexibility index (Phi) is 5.28. The molecule has 5 heteroatoms. The van der Waals surface area contributed by atoms with E-state index in [9.17, 15) is 19.8 Å². The maximum Gasteiger partial charge on any atom is 0.328 e. The Morgan fingerprint density at radius 2 is 1.24 bits per heavy atom. The van der Waals surface area contributed by atoms with Crippen molar-refractivity contribution in [2.75, 3.05) is 0 Å². The molecule has 0 heterocycles. The standard InChI is InChI=1S/C20H22O4Si/c1-20(2,3)25(15-10-6-4-7-11-15,16-12-8-5-9-13-16)17(19(23)24)14-18(21)22/h4-14H,1-3H3,(H,21,22)(H,23,24)/b17-14+. The van der Waals surface area contributed by atoms with Gasteiger partial charge in [-0.2, -0.15) is 0 Å². The summed E-state index contributed by atoms with van der Waals surface area (Å²) >= 11 is 0. The summed E-state index contributed by atoms with van der Waals surface area (Å²) in [5, 5.41) is 20.6. The normalized spacial score (nSPS) is 12.7. The van der Waals surface area contributed by atoms with E-state index in [0.717, 1.165) is 16.4 Å². The lowest BCUT2D eigenvalue weighted by molar-refractivity contribution is -0.134. The highest BCUT2D eigenvalue weighted by Crippen LogP contribution is 2.40. The smallest absolute Gasteiger partial charge is 0.328 e. The molecule has 0 aliphatic rings. The molecule has 0 fully saturated rings. The average Bonchev–Trinajstić information content (AvgIpc) is 2.55. The highest BCUT2D eigenvalue weighted by atomic mass is 28.3. The van der Waals surface area contributed by atoms with Crippen molar-refractivity contribution in [3.63, 3.8) is 0 Å². The van der Waals surface area contributed by atoms with Crippen LogP contribution in [0.25, 0.3) is 0 Å². The second-order valence-electron chi connectivity index (χ2n) is 6.93.